The first-order valence-electron chi connectivity index (χ1n) is 5.83. The van der Waals surface area contributed by atoms with Gasteiger partial charge in [0.15, 0.2) is 0 Å². The van der Waals surface area contributed by atoms with Crippen LogP contribution in [0.4, 0.5) is 0 Å². The predicted molar refractivity (Wildman–Crippen MR) is 81.0 cm³/mol. The second-order valence-corrected chi connectivity index (χ2v) is 5.64. The minimum absolute atomic E-state index is 0.0135. The van der Waals surface area contributed by atoms with Crippen molar-refractivity contribution < 1.29 is 0 Å². The van der Waals surface area contributed by atoms with Crippen molar-refractivity contribution in [2.24, 2.45) is 5.73 Å². The molecule has 0 aliphatic carbocycles. The van der Waals surface area contributed by atoms with Crippen LogP contribution < -0.4 is 5.73 Å². The average molecular weight is 325 g/mol. The first kappa shape index (κ1) is 13.6. The Bertz CT molecular complexity index is 537. The van der Waals surface area contributed by atoms with Crippen LogP contribution in [0.2, 0.25) is 5.02 Å². The molecule has 0 amide bonds. The predicted octanol–water partition coefficient (Wildman–Crippen LogP) is 4.65. The van der Waals surface area contributed by atoms with Crippen molar-refractivity contribution in [2.75, 3.05) is 0 Å². The summed E-state index contributed by atoms with van der Waals surface area (Å²) in [5.74, 6) is 0. The van der Waals surface area contributed by atoms with Crippen LogP contribution in [0.3, 0.4) is 0 Å². The zero-order valence-electron chi connectivity index (χ0n) is 10.2. The molecule has 94 valence electrons. The fourth-order valence-corrected chi connectivity index (χ4v) is 2.63. The van der Waals surface area contributed by atoms with Crippen molar-refractivity contribution >= 4 is 27.5 Å². The third kappa shape index (κ3) is 3.14. The molecule has 0 fully saturated rings. The Hall–Kier alpha value is -0.830. The Balaban J connectivity index is 2.19. The van der Waals surface area contributed by atoms with Gasteiger partial charge in [0.25, 0.3) is 0 Å². The van der Waals surface area contributed by atoms with Gasteiger partial charge in [-0.05, 0) is 42.2 Å². The highest BCUT2D eigenvalue weighted by molar-refractivity contribution is 9.10. The second kappa shape index (κ2) is 5.87. The SMILES string of the molecule is Cc1cccc(C(N)Cc2ccc(Cl)cc2)c1Br. The van der Waals surface area contributed by atoms with Gasteiger partial charge in [-0.3, -0.25) is 0 Å². The molecule has 0 spiro atoms. The van der Waals surface area contributed by atoms with Gasteiger partial charge in [-0.2, -0.15) is 0 Å². The highest BCUT2D eigenvalue weighted by Gasteiger charge is 2.11. The van der Waals surface area contributed by atoms with E-state index in [0.717, 1.165) is 21.5 Å². The van der Waals surface area contributed by atoms with E-state index in [4.69, 9.17) is 17.3 Å². The second-order valence-electron chi connectivity index (χ2n) is 4.42. The highest BCUT2D eigenvalue weighted by Crippen LogP contribution is 2.27. The van der Waals surface area contributed by atoms with E-state index in [1.807, 2.05) is 30.3 Å². The highest BCUT2D eigenvalue weighted by atomic mass is 79.9. The summed E-state index contributed by atoms with van der Waals surface area (Å²) in [6.45, 7) is 2.07. The maximum atomic E-state index is 6.27. The topological polar surface area (TPSA) is 26.0 Å². The van der Waals surface area contributed by atoms with Crippen LogP contribution in [0.15, 0.2) is 46.9 Å². The van der Waals surface area contributed by atoms with Gasteiger partial charge in [-0.25, -0.2) is 0 Å². The zero-order valence-corrected chi connectivity index (χ0v) is 12.5. The van der Waals surface area contributed by atoms with Crippen LogP contribution in [-0.2, 0) is 6.42 Å². The van der Waals surface area contributed by atoms with Crippen molar-refractivity contribution in [3.63, 3.8) is 0 Å². The molecule has 1 nitrogen and oxygen atoms in total. The molecule has 2 aromatic rings. The van der Waals surface area contributed by atoms with Crippen LogP contribution in [0.25, 0.3) is 0 Å². The molecule has 0 aliphatic heterocycles. The van der Waals surface area contributed by atoms with Gasteiger partial charge in [-0.1, -0.05) is 57.9 Å². The van der Waals surface area contributed by atoms with E-state index in [9.17, 15) is 0 Å². The standard InChI is InChI=1S/C15H15BrClN/c1-10-3-2-4-13(15(10)16)14(18)9-11-5-7-12(17)8-6-11/h2-8,14H,9,18H2,1H3. The molecular formula is C15H15BrClN. The molecule has 0 aliphatic rings. The van der Waals surface area contributed by atoms with E-state index in [-0.39, 0.29) is 6.04 Å². The molecule has 0 radical (unpaired) electrons. The Kier molecular flexibility index (Phi) is 4.44. The number of benzene rings is 2. The van der Waals surface area contributed by atoms with Crippen molar-refractivity contribution in [3.8, 4) is 0 Å². The molecule has 2 N–H and O–H groups in total. The number of hydrogen-bond acceptors (Lipinski definition) is 1. The summed E-state index contributed by atoms with van der Waals surface area (Å²) < 4.78 is 1.10. The van der Waals surface area contributed by atoms with Gasteiger partial charge in [0.05, 0.1) is 0 Å². The summed E-state index contributed by atoms with van der Waals surface area (Å²) in [6, 6.07) is 14.0. The number of nitrogens with two attached hydrogens (primary N) is 1. The Morgan fingerprint density at radius 1 is 1.17 bits per heavy atom. The molecule has 0 heterocycles. The summed E-state index contributed by atoms with van der Waals surface area (Å²) in [5, 5.41) is 0.754. The molecule has 0 saturated carbocycles. The first-order valence-corrected chi connectivity index (χ1v) is 7.00. The molecule has 2 rings (SSSR count). The van der Waals surface area contributed by atoms with Gasteiger partial charge < -0.3 is 5.73 Å². The largest absolute Gasteiger partial charge is 0.324 e. The van der Waals surface area contributed by atoms with Gasteiger partial charge in [0.2, 0.25) is 0 Å². The molecule has 1 unspecified atom stereocenters. The molecule has 18 heavy (non-hydrogen) atoms. The summed E-state index contributed by atoms with van der Waals surface area (Å²) in [4.78, 5) is 0. The quantitative estimate of drug-likeness (QED) is 0.873. The van der Waals surface area contributed by atoms with Crippen LogP contribution in [0.5, 0.6) is 0 Å². The lowest BCUT2D eigenvalue weighted by Gasteiger charge is -2.15. The normalized spacial score (nSPS) is 12.4. The van der Waals surface area contributed by atoms with Crippen LogP contribution in [0, 0.1) is 6.92 Å². The fourth-order valence-electron chi connectivity index (χ4n) is 1.94. The molecular weight excluding hydrogens is 310 g/mol. The van der Waals surface area contributed by atoms with E-state index in [2.05, 4.69) is 35.0 Å². The van der Waals surface area contributed by atoms with Crippen LogP contribution >= 0.6 is 27.5 Å². The molecule has 0 aromatic heterocycles. The molecule has 1 atom stereocenters. The minimum Gasteiger partial charge on any atom is -0.324 e. The van der Waals surface area contributed by atoms with E-state index in [1.54, 1.807) is 0 Å². The lowest BCUT2D eigenvalue weighted by atomic mass is 9.98. The van der Waals surface area contributed by atoms with Crippen molar-refractivity contribution in [3.05, 3.63) is 68.7 Å². The zero-order chi connectivity index (χ0) is 13.1. The maximum absolute atomic E-state index is 6.27. The van der Waals surface area contributed by atoms with Crippen molar-refractivity contribution in [2.45, 2.75) is 19.4 Å². The Morgan fingerprint density at radius 3 is 2.50 bits per heavy atom. The maximum Gasteiger partial charge on any atom is 0.0406 e. The molecule has 3 heteroatoms. The summed E-state index contributed by atoms with van der Waals surface area (Å²) in [5.41, 5.74) is 9.82. The van der Waals surface area contributed by atoms with E-state index in [0.29, 0.717) is 0 Å². The Labute approximate surface area is 121 Å². The van der Waals surface area contributed by atoms with Gasteiger partial charge in [-0.15, -0.1) is 0 Å². The van der Waals surface area contributed by atoms with E-state index >= 15 is 0 Å². The lowest BCUT2D eigenvalue weighted by Crippen LogP contribution is -2.14. The number of hydrogen-bond donors (Lipinski definition) is 1. The van der Waals surface area contributed by atoms with E-state index < -0.39 is 0 Å². The monoisotopic (exact) mass is 323 g/mol. The van der Waals surface area contributed by atoms with Crippen LogP contribution in [-0.4, -0.2) is 0 Å². The third-order valence-electron chi connectivity index (χ3n) is 2.99. The van der Waals surface area contributed by atoms with Crippen LogP contribution in [0.1, 0.15) is 22.7 Å². The van der Waals surface area contributed by atoms with Crippen molar-refractivity contribution in [1.82, 2.24) is 0 Å². The molecule has 0 saturated heterocycles. The molecule has 2 aromatic carbocycles. The average Bonchev–Trinajstić information content (AvgIpc) is 2.35. The summed E-state index contributed by atoms with van der Waals surface area (Å²) in [6.07, 6.45) is 0.805. The van der Waals surface area contributed by atoms with Gasteiger partial charge in [0.1, 0.15) is 0 Å². The van der Waals surface area contributed by atoms with E-state index in [1.165, 1.54) is 11.1 Å². The summed E-state index contributed by atoms with van der Waals surface area (Å²) >= 11 is 9.48. The third-order valence-corrected chi connectivity index (χ3v) is 4.33. The van der Waals surface area contributed by atoms with Gasteiger partial charge >= 0.3 is 0 Å². The lowest BCUT2D eigenvalue weighted by molar-refractivity contribution is 0.717. The Morgan fingerprint density at radius 2 is 1.83 bits per heavy atom. The minimum atomic E-state index is -0.0135. The number of aryl methyl sites for hydroxylation is 1. The fraction of sp³-hybridized carbons (Fsp3) is 0.200. The smallest absolute Gasteiger partial charge is 0.0406 e. The van der Waals surface area contributed by atoms with Gasteiger partial charge in [0, 0.05) is 15.5 Å². The number of rotatable bonds is 3. The molecule has 0 bridgehead atoms. The summed E-state index contributed by atoms with van der Waals surface area (Å²) in [7, 11) is 0. The number of halogens is 2. The first-order chi connectivity index (χ1) is 8.58. The van der Waals surface area contributed by atoms with Crippen molar-refractivity contribution in [1.29, 1.82) is 0 Å².